The highest BCUT2D eigenvalue weighted by atomic mass is 16.6. The SMILES string of the molecule is COCc1cc(CN(C)C(=O)C2CC(=O)OC23CCCCC3)[nH]n1. The summed E-state index contributed by atoms with van der Waals surface area (Å²) in [4.78, 5) is 26.5. The van der Waals surface area contributed by atoms with Crippen LogP contribution < -0.4 is 0 Å². The van der Waals surface area contributed by atoms with Gasteiger partial charge in [-0.25, -0.2) is 0 Å². The fraction of sp³-hybridized carbons (Fsp3) is 0.706. The molecular formula is C17H25N3O4. The highest BCUT2D eigenvalue weighted by molar-refractivity contribution is 5.87. The van der Waals surface area contributed by atoms with Crippen molar-refractivity contribution in [1.29, 1.82) is 0 Å². The minimum Gasteiger partial charge on any atom is -0.458 e. The minimum atomic E-state index is -0.574. The van der Waals surface area contributed by atoms with Gasteiger partial charge >= 0.3 is 5.97 Å². The number of amides is 1. The average molecular weight is 335 g/mol. The van der Waals surface area contributed by atoms with Crippen molar-refractivity contribution in [3.63, 3.8) is 0 Å². The molecule has 2 fully saturated rings. The lowest BCUT2D eigenvalue weighted by molar-refractivity contribution is -0.155. The van der Waals surface area contributed by atoms with Crippen molar-refractivity contribution in [2.75, 3.05) is 14.2 Å². The first-order valence-electron chi connectivity index (χ1n) is 8.53. The molecule has 1 atom stereocenters. The zero-order valence-electron chi connectivity index (χ0n) is 14.3. The Kier molecular flexibility index (Phi) is 4.89. The van der Waals surface area contributed by atoms with E-state index >= 15 is 0 Å². The van der Waals surface area contributed by atoms with Crippen LogP contribution in [-0.2, 0) is 32.2 Å². The van der Waals surface area contributed by atoms with Crippen LogP contribution in [0.3, 0.4) is 0 Å². The molecule has 1 N–H and O–H groups in total. The molecule has 7 heteroatoms. The van der Waals surface area contributed by atoms with Crippen LogP contribution in [0.25, 0.3) is 0 Å². The molecule has 3 rings (SSSR count). The summed E-state index contributed by atoms with van der Waals surface area (Å²) in [7, 11) is 3.38. The van der Waals surface area contributed by atoms with Gasteiger partial charge in [0.05, 0.1) is 36.9 Å². The number of aromatic amines is 1. The summed E-state index contributed by atoms with van der Waals surface area (Å²) in [6, 6.07) is 1.89. The van der Waals surface area contributed by atoms with Gasteiger partial charge in [0, 0.05) is 14.2 Å². The minimum absolute atomic E-state index is 0.0226. The maximum absolute atomic E-state index is 12.9. The van der Waals surface area contributed by atoms with Gasteiger partial charge in [-0.1, -0.05) is 6.42 Å². The first-order valence-corrected chi connectivity index (χ1v) is 8.53. The van der Waals surface area contributed by atoms with Gasteiger partial charge in [-0.2, -0.15) is 5.10 Å². The monoisotopic (exact) mass is 335 g/mol. The highest BCUT2D eigenvalue weighted by Gasteiger charge is 2.53. The summed E-state index contributed by atoms with van der Waals surface area (Å²) < 4.78 is 10.7. The molecule has 1 saturated heterocycles. The van der Waals surface area contributed by atoms with E-state index < -0.39 is 5.60 Å². The normalized spacial score (nSPS) is 22.6. The van der Waals surface area contributed by atoms with E-state index in [4.69, 9.17) is 9.47 Å². The van der Waals surface area contributed by atoms with E-state index in [9.17, 15) is 9.59 Å². The number of methoxy groups -OCH3 is 1. The average Bonchev–Trinajstić information content (AvgIpc) is 3.12. The van der Waals surface area contributed by atoms with E-state index in [2.05, 4.69) is 10.2 Å². The molecule has 1 saturated carbocycles. The Morgan fingerprint density at radius 2 is 2.21 bits per heavy atom. The van der Waals surface area contributed by atoms with E-state index in [0.29, 0.717) is 13.2 Å². The van der Waals surface area contributed by atoms with Crippen molar-refractivity contribution >= 4 is 11.9 Å². The van der Waals surface area contributed by atoms with Crippen molar-refractivity contribution in [2.24, 2.45) is 5.92 Å². The molecule has 0 bridgehead atoms. The maximum Gasteiger partial charge on any atom is 0.307 e. The fourth-order valence-corrected chi connectivity index (χ4v) is 3.92. The first kappa shape index (κ1) is 17.0. The summed E-state index contributed by atoms with van der Waals surface area (Å²) in [6.45, 7) is 0.860. The number of hydrogen-bond acceptors (Lipinski definition) is 5. The van der Waals surface area contributed by atoms with E-state index in [-0.39, 0.29) is 24.2 Å². The van der Waals surface area contributed by atoms with Gasteiger partial charge in [0.15, 0.2) is 0 Å². The van der Waals surface area contributed by atoms with Crippen LogP contribution >= 0.6 is 0 Å². The molecule has 1 amide bonds. The van der Waals surface area contributed by atoms with Crippen molar-refractivity contribution in [1.82, 2.24) is 15.1 Å². The lowest BCUT2D eigenvalue weighted by Crippen LogP contribution is -2.46. The van der Waals surface area contributed by atoms with Crippen LogP contribution in [0.4, 0.5) is 0 Å². The second-order valence-corrected chi connectivity index (χ2v) is 6.87. The second kappa shape index (κ2) is 6.93. The van der Waals surface area contributed by atoms with Crippen LogP contribution in [0.2, 0.25) is 0 Å². The third kappa shape index (κ3) is 3.31. The lowest BCUT2D eigenvalue weighted by Gasteiger charge is -2.37. The number of nitrogens with one attached hydrogen (secondary N) is 1. The summed E-state index contributed by atoms with van der Waals surface area (Å²) in [5.41, 5.74) is 1.08. The molecule has 2 heterocycles. The molecule has 0 aromatic carbocycles. The zero-order chi connectivity index (χ0) is 17.2. The Balaban J connectivity index is 1.68. The van der Waals surface area contributed by atoms with Gasteiger partial charge < -0.3 is 14.4 Å². The number of carbonyl (C=O) groups is 2. The number of ether oxygens (including phenoxy) is 2. The van der Waals surface area contributed by atoms with Crippen molar-refractivity contribution in [2.45, 2.75) is 57.3 Å². The van der Waals surface area contributed by atoms with E-state index in [1.807, 2.05) is 6.07 Å². The Morgan fingerprint density at radius 1 is 1.46 bits per heavy atom. The standard InChI is InChI=1S/C17H25N3O4/c1-20(10-12-8-13(11-23-2)19-18-12)16(22)14-9-15(21)24-17(14)6-4-3-5-7-17/h8,14H,3-7,9-11H2,1-2H3,(H,18,19). The number of nitrogens with zero attached hydrogens (tertiary/aromatic N) is 2. The third-order valence-electron chi connectivity index (χ3n) is 5.08. The summed E-state index contributed by atoms with van der Waals surface area (Å²) >= 11 is 0. The maximum atomic E-state index is 12.9. The van der Waals surface area contributed by atoms with Gasteiger partial charge in [0.25, 0.3) is 0 Å². The molecule has 7 nitrogen and oxygen atoms in total. The first-order chi connectivity index (χ1) is 11.5. The van der Waals surface area contributed by atoms with Gasteiger partial charge in [0.1, 0.15) is 5.60 Å². The number of rotatable bonds is 5. The predicted octanol–water partition coefficient (Wildman–Crippen LogP) is 1.78. The number of aromatic nitrogens is 2. The Hall–Kier alpha value is -1.89. The number of hydrogen-bond donors (Lipinski definition) is 1. The molecular weight excluding hydrogens is 310 g/mol. The second-order valence-electron chi connectivity index (χ2n) is 6.87. The lowest BCUT2D eigenvalue weighted by atomic mass is 9.75. The third-order valence-corrected chi connectivity index (χ3v) is 5.08. The van der Waals surface area contributed by atoms with E-state index in [1.165, 1.54) is 0 Å². The summed E-state index contributed by atoms with van der Waals surface area (Å²) in [5, 5.41) is 7.07. The van der Waals surface area contributed by atoms with Crippen molar-refractivity contribution < 1.29 is 19.1 Å². The van der Waals surface area contributed by atoms with Crippen LogP contribution in [-0.4, -0.2) is 46.7 Å². The molecule has 132 valence electrons. The van der Waals surface area contributed by atoms with Gasteiger partial charge in [-0.3, -0.25) is 14.7 Å². The number of H-pyrrole nitrogens is 1. The molecule has 1 aliphatic carbocycles. The van der Waals surface area contributed by atoms with Crippen LogP contribution in [0.5, 0.6) is 0 Å². The fourth-order valence-electron chi connectivity index (χ4n) is 3.92. The molecule has 0 radical (unpaired) electrons. The summed E-state index contributed by atoms with van der Waals surface area (Å²) in [5.74, 6) is -0.630. The zero-order valence-corrected chi connectivity index (χ0v) is 14.3. The van der Waals surface area contributed by atoms with Crippen molar-refractivity contribution in [3.05, 3.63) is 17.5 Å². The molecule has 1 aromatic heterocycles. The van der Waals surface area contributed by atoms with Crippen molar-refractivity contribution in [3.8, 4) is 0 Å². The van der Waals surface area contributed by atoms with Crippen LogP contribution in [0, 0.1) is 5.92 Å². The number of carbonyl (C=O) groups excluding carboxylic acids is 2. The van der Waals surface area contributed by atoms with Crippen LogP contribution in [0.1, 0.15) is 49.9 Å². The topological polar surface area (TPSA) is 84.5 Å². The Morgan fingerprint density at radius 3 is 2.92 bits per heavy atom. The van der Waals surface area contributed by atoms with Gasteiger partial charge in [-0.05, 0) is 31.7 Å². The molecule has 1 aromatic rings. The largest absolute Gasteiger partial charge is 0.458 e. The Labute approximate surface area is 141 Å². The molecule has 2 aliphatic rings. The highest BCUT2D eigenvalue weighted by Crippen LogP contribution is 2.44. The smallest absolute Gasteiger partial charge is 0.307 e. The van der Waals surface area contributed by atoms with Crippen LogP contribution in [0.15, 0.2) is 6.07 Å². The van der Waals surface area contributed by atoms with Gasteiger partial charge in [0.2, 0.25) is 5.91 Å². The molecule has 1 aliphatic heterocycles. The molecule has 1 unspecified atom stereocenters. The Bertz CT molecular complexity index is 607. The summed E-state index contributed by atoms with van der Waals surface area (Å²) in [6.07, 6.45) is 4.97. The number of esters is 1. The molecule has 1 spiro atoms. The quantitative estimate of drug-likeness (QED) is 0.829. The molecule has 24 heavy (non-hydrogen) atoms. The van der Waals surface area contributed by atoms with Gasteiger partial charge in [-0.15, -0.1) is 0 Å². The van der Waals surface area contributed by atoms with E-state index in [0.717, 1.165) is 43.5 Å². The van der Waals surface area contributed by atoms with E-state index in [1.54, 1.807) is 19.1 Å². The predicted molar refractivity (Wildman–Crippen MR) is 85.8 cm³/mol.